The van der Waals surface area contributed by atoms with Gasteiger partial charge in [0, 0.05) is 38.7 Å². The van der Waals surface area contributed by atoms with Crippen molar-refractivity contribution in [1.82, 2.24) is 24.5 Å². The Morgan fingerprint density at radius 2 is 1.04 bits per heavy atom. The summed E-state index contributed by atoms with van der Waals surface area (Å²) >= 11 is 0. The number of furan rings is 1. The predicted octanol–water partition coefficient (Wildman–Crippen LogP) is 9.78. The minimum absolute atomic E-state index is 0.563. The summed E-state index contributed by atoms with van der Waals surface area (Å²) in [6.45, 7) is 0. The van der Waals surface area contributed by atoms with Crippen LogP contribution in [0.2, 0.25) is 0 Å². The number of imidazole rings is 1. The molecular weight excluding hydrogens is 566 g/mol. The molecule has 0 bridgehead atoms. The second kappa shape index (κ2) is 10.6. The maximum atomic E-state index is 6.52. The maximum absolute atomic E-state index is 6.52. The van der Waals surface area contributed by atoms with Crippen LogP contribution >= 0.6 is 0 Å². The molecule has 0 saturated carbocycles. The molecule has 0 atom stereocenters. The first-order chi connectivity index (χ1) is 22.8. The van der Waals surface area contributed by atoms with Crippen LogP contribution < -0.4 is 0 Å². The van der Waals surface area contributed by atoms with E-state index in [1.807, 2.05) is 115 Å². The molecule has 216 valence electrons. The van der Waals surface area contributed by atoms with Gasteiger partial charge in [0.25, 0.3) is 0 Å². The van der Waals surface area contributed by atoms with Crippen LogP contribution in [0.1, 0.15) is 0 Å². The lowest BCUT2D eigenvalue weighted by Crippen LogP contribution is -2.01. The summed E-state index contributed by atoms with van der Waals surface area (Å²) in [6, 6.07) is 50.9. The Morgan fingerprint density at radius 3 is 1.76 bits per heavy atom. The first-order valence-electron chi connectivity index (χ1n) is 15.2. The summed E-state index contributed by atoms with van der Waals surface area (Å²) < 4.78 is 8.71. The Morgan fingerprint density at radius 1 is 0.457 bits per heavy atom. The highest BCUT2D eigenvalue weighted by Gasteiger charge is 2.22. The van der Waals surface area contributed by atoms with Crippen molar-refractivity contribution in [2.75, 3.05) is 0 Å². The second-order valence-corrected chi connectivity index (χ2v) is 11.1. The normalized spacial score (nSPS) is 11.5. The third-order valence-electron chi connectivity index (χ3n) is 8.25. The fraction of sp³-hybridized carbons (Fsp3) is 0. The summed E-state index contributed by atoms with van der Waals surface area (Å²) in [7, 11) is 0. The molecule has 6 nitrogen and oxygen atoms in total. The van der Waals surface area contributed by atoms with E-state index in [2.05, 4.69) is 41.0 Å². The van der Waals surface area contributed by atoms with Crippen LogP contribution in [-0.4, -0.2) is 24.5 Å². The lowest BCUT2D eigenvalue weighted by molar-refractivity contribution is 0.669. The Labute approximate surface area is 264 Å². The zero-order chi connectivity index (χ0) is 30.5. The largest absolute Gasteiger partial charge is 0.456 e. The molecule has 0 N–H and O–H groups in total. The molecule has 6 aromatic carbocycles. The molecule has 0 amide bonds. The van der Waals surface area contributed by atoms with Gasteiger partial charge >= 0.3 is 0 Å². The van der Waals surface area contributed by atoms with Gasteiger partial charge in [-0.05, 0) is 42.5 Å². The molecule has 9 rings (SSSR count). The first-order valence-corrected chi connectivity index (χ1v) is 15.2. The minimum Gasteiger partial charge on any atom is -0.456 e. The molecule has 0 aliphatic rings. The third-order valence-corrected chi connectivity index (χ3v) is 8.25. The van der Waals surface area contributed by atoms with Crippen LogP contribution in [0.25, 0.3) is 84.2 Å². The van der Waals surface area contributed by atoms with Crippen molar-refractivity contribution < 1.29 is 4.42 Å². The van der Waals surface area contributed by atoms with Crippen molar-refractivity contribution >= 4 is 33.0 Å². The fourth-order valence-electron chi connectivity index (χ4n) is 6.15. The standard InChI is InChI=1S/C40H25N5O/c1-4-14-26(15-5-1)37-42-38(27-16-6-2-7-17-27)44-39(43-37)31-24-28(25-35-36(31)30-20-10-13-23-34(30)46-35)40-41-32-21-11-12-22-33(32)45(40)29-18-8-3-9-19-29/h1-25H. The third kappa shape index (κ3) is 4.35. The van der Waals surface area contributed by atoms with Crippen LogP contribution in [0.4, 0.5) is 0 Å². The Balaban J connectivity index is 1.37. The van der Waals surface area contributed by atoms with E-state index in [1.54, 1.807) is 0 Å². The zero-order valence-corrected chi connectivity index (χ0v) is 24.6. The summed E-state index contributed by atoms with van der Waals surface area (Å²) in [5.74, 6) is 2.57. The van der Waals surface area contributed by atoms with E-state index in [0.717, 1.165) is 66.7 Å². The molecular formula is C40H25N5O. The van der Waals surface area contributed by atoms with E-state index in [0.29, 0.717) is 17.5 Å². The molecule has 3 heterocycles. The fourth-order valence-corrected chi connectivity index (χ4v) is 6.15. The van der Waals surface area contributed by atoms with E-state index >= 15 is 0 Å². The molecule has 0 aliphatic heterocycles. The number of hydrogen-bond acceptors (Lipinski definition) is 5. The molecule has 0 spiro atoms. The SMILES string of the molecule is c1ccc(-c2nc(-c3ccccc3)nc(-c3cc(-c4nc5ccccc5n4-c4ccccc4)cc4oc5ccccc5c34)n2)cc1. The zero-order valence-electron chi connectivity index (χ0n) is 24.6. The van der Waals surface area contributed by atoms with Crippen molar-refractivity contribution in [3.05, 3.63) is 152 Å². The first kappa shape index (κ1) is 26.0. The van der Waals surface area contributed by atoms with Crippen LogP contribution in [0, 0.1) is 0 Å². The van der Waals surface area contributed by atoms with Gasteiger partial charge in [0.1, 0.15) is 17.0 Å². The second-order valence-electron chi connectivity index (χ2n) is 11.1. The average molecular weight is 592 g/mol. The number of fused-ring (bicyclic) bond motifs is 4. The quantitative estimate of drug-likeness (QED) is 0.199. The molecule has 9 aromatic rings. The van der Waals surface area contributed by atoms with Gasteiger partial charge in [-0.15, -0.1) is 0 Å². The van der Waals surface area contributed by atoms with E-state index in [-0.39, 0.29) is 0 Å². The summed E-state index contributed by atoms with van der Waals surface area (Å²) in [5, 5.41) is 1.95. The molecule has 6 heteroatoms. The molecule has 46 heavy (non-hydrogen) atoms. The van der Waals surface area contributed by atoms with Crippen LogP contribution in [0.15, 0.2) is 156 Å². The molecule has 3 aromatic heterocycles. The van der Waals surface area contributed by atoms with Crippen LogP contribution in [-0.2, 0) is 0 Å². The number of hydrogen-bond donors (Lipinski definition) is 0. The van der Waals surface area contributed by atoms with Crippen molar-refractivity contribution in [3.63, 3.8) is 0 Å². The van der Waals surface area contributed by atoms with E-state index in [4.69, 9.17) is 24.4 Å². The van der Waals surface area contributed by atoms with Gasteiger partial charge in [-0.2, -0.15) is 0 Å². The van der Waals surface area contributed by atoms with E-state index in [9.17, 15) is 0 Å². The number of rotatable bonds is 5. The summed E-state index contributed by atoms with van der Waals surface area (Å²) in [6.07, 6.45) is 0. The highest BCUT2D eigenvalue weighted by Crippen LogP contribution is 2.40. The lowest BCUT2D eigenvalue weighted by Gasteiger charge is -2.12. The number of nitrogens with zero attached hydrogens (tertiary/aromatic N) is 5. The van der Waals surface area contributed by atoms with Crippen molar-refractivity contribution in [2.24, 2.45) is 0 Å². The lowest BCUT2D eigenvalue weighted by atomic mass is 10.0. The van der Waals surface area contributed by atoms with E-state index in [1.165, 1.54) is 0 Å². The van der Waals surface area contributed by atoms with E-state index < -0.39 is 0 Å². The van der Waals surface area contributed by atoms with Gasteiger partial charge in [0.05, 0.1) is 11.0 Å². The summed E-state index contributed by atoms with van der Waals surface area (Å²) in [4.78, 5) is 20.3. The summed E-state index contributed by atoms with van der Waals surface area (Å²) in [5.41, 5.74) is 8.06. The minimum atomic E-state index is 0.563. The Hall–Kier alpha value is -6.40. The number of aromatic nitrogens is 5. The monoisotopic (exact) mass is 591 g/mol. The van der Waals surface area contributed by atoms with Gasteiger partial charge in [0.15, 0.2) is 17.5 Å². The average Bonchev–Trinajstić information content (AvgIpc) is 3.71. The molecule has 0 unspecified atom stereocenters. The predicted molar refractivity (Wildman–Crippen MR) is 183 cm³/mol. The van der Waals surface area contributed by atoms with Gasteiger partial charge < -0.3 is 4.42 Å². The van der Waals surface area contributed by atoms with Crippen LogP contribution in [0.3, 0.4) is 0 Å². The number of para-hydroxylation sites is 4. The van der Waals surface area contributed by atoms with Crippen molar-refractivity contribution in [2.45, 2.75) is 0 Å². The van der Waals surface area contributed by atoms with Gasteiger partial charge in [-0.25, -0.2) is 19.9 Å². The highest BCUT2D eigenvalue weighted by molar-refractivity contribution is 6.13. The Kier molecular flexibility index (Phi) is 6.03. The molecule has 0 fully saturated rings. The highest BCUT2D eigenvalue weighted by atomic mass is 16.3. The smallest absolute Gasteiger partial charge is 0.164 e. The van der Waals surface area contributed by atoms with Crippen LogP contribution in [0.5, 0.6) is 0 Å². The van der Waals surface area contributed by atoms with Gasteiger partial charge in [-0.1, -0.05) is 109 Å². The Bertz CT molecular complexity index is 2460. The molecule has 0 radical (unpaired) electrons. The maximum Gasteiger partial charge on any atom is 0.164 e. The number of benzene rings is 6. The van der Waals surface area contributed by atoms with Gasteiger partial charge in [-0.3, -0.25) is 4.57 Å². The van der Waals surface area contributed by atoms with Gasteiger partial charge in [0.2, 0.25) is 0 Å². The van der Waals surface area contributed by atoms with Crippen molar-refractivity contribution in [3.8, 4) is 51.2 Å². The topological polar surface area (TPSA) is 69.6 Å². The molecule has 0 aliphatic carbocycles. The van der Waals surface area contributed by atoms with Crippen molar-refractivity contribution in [1.29, 1.82) is 0 Å². The molecule has 0 saturated heterocycles.